The van der Waals surface area contributed by atoms with Crippen molar-refractivity contribution in [1.29, 1.82) is 0 Å². The number of guanidine groups is 1. The number of likely N-dealkylation sites (tertiary alicyclic amines) is 1. The highest BCUT2D eigenvalue weighted by Crippen LogP contribution is 2.19. The molecule has 1 saturated heterocycles. The predicted molar refractivity (Wildman–Crippen MR) is 117 cm³/mol. The molecule has 1 aliphatic heterocycles. The van der Waals surface area contributed by atoms with Crippen molar-refractivity contribution in [2.24, 2.45) is 16.6 Å². The molecule has 1 aromatic carbocycles. The van der Waals surface area contributed by atoms with Gasteiger partial charge < -0.3 is 16.0 Å². The van der Waals surface area contributed by atoms with E-state index in [0.717, 1.165) is 49.8 Å². The van der Waals surface area contributed by atoms with Crippen molar-refractivity contribution < 1.29 is 9.18 Å². The van der Waals surface area contributed by atoms with Crippen LogP contribution < -0.4 is 11.1 Å². The second-order valence-corrected chi connectivity index (χ2v) is 7.35. The number of thioether (sulfide) groups is 1. The molecule has 0 saturated carbocycles. The van der Waals surface area contributed by atoms with Crippen molar-refractivity contribution >= 4 is 47.6 Å². The van der Waals surface area contributed by atoms with Crippen LogP contribution in [0, 0.1) is 11.7 Å². The van der Waals surface area contributed by atoms with Gasteiger partial charge in [-0.25, -0.2) is 4.39 Å². The van der Waals surface area contributed by atoms with E-state index in [4.69, 9.17) is 5.73 Å². The number of nitrogens with zero attached hydrogens (tertiary/aromatic N) is 2. The van der Waals surface area contributed by atoms with Gasteiger partial charge in [-0.15, -0.1) is 24.0 Å². The van der Waals surface area contributed by atoms with Gasteiger partial charge in [0.2, 0.25) is 5.91 Å². The van der Waals surface area contributed by atoms with Gasteiger partial charge in [-0.3, -0.25) is 9.79 Å². The summed E-state index contributed by atoms with van der Waals surface area (Å²) in [5, 5.41) is 3.36. The molecule has 1 amide bonds. The fourth-order valence-corrected chi connectivity index (χ4v) is 3.92. The lowest BCUT2D eigenvalue weighted by molar-refractivity contribution is -0.119. The second-order valence-electron chi connectivity index (χ2n) is 6.24. The smallest absolute Gasteiger partial charge is 0.217 e. The van der Waals surface area contributed by atoms with Crippen LogP contribution in [0.15, 0.2) is 29.3 Å². The summed E-state index contributed by atoms with van der Waals surface area (Å²) < 4.78 is 13.6. The number of primary amides is 1. The van der Waals surface area contributed by atoms with Gasteiger partial charge in [0.25, 0.3) is 0 Å². The molecule has 1 fully saturated rings. The van der Waals surface area contributed by atoms with Gasteiger partial charge in [-0.1, -0.05) is 18.2 Å². The summed E-state index contributed by atoms with van der Waals surface area (Å²) in [5.74, 6) is 2.32. The van der Waals surface area contributed by atoms with E-state index in [9.17, 15) is 9.18 Å². The zero-order valence-electron chi connectivity index (χ0n) is 15.1. The van der Waals surface area contributed by atoms with E-state index in [1.807, 2.05) is 12.1 Å². The molecule has 1 unspecified atom stereocenters. The van der Waals surface area contributed by atoms with Crippen LogP contribution in [-0.4, -0.2) is 49.2 Å². The second kappa shape index (κ2) is 12.4. The molecule has 0 aliphatic carbocycles. The monoisotopic (exact) mass is 494 g/mol. The Bertz CT molecular complexity index is 602. The normalized spacial score (nSPS) is 17.5. The molecule has 2 rings (SSSR count). The first kappa shape index (κ1) is 23.0. The molecule has 1 atom stereocenters. The highest BCUT2D eigenvalue weighted by Gasteiger charge is 2.23. The lowest BCUT2D eigenvalue weighted by atomic mass is 9.95. The Hall–Kier alpha value is -1.03. The Kier molecular flexibility index (Phi) is 11.0. The molecule has 3 N–H and O–H groups in total. The summed E-state index contributed by atoms with van der Waals surface area (Å²) in [6.45, 7) is 2.52. The number of hydrogen-bond acceptors (Lipinski definition) is 3. The molecule has 1 aliphatic rings. The van der Waals surface area contributed by atoms with Crippen LogP contribution in [0.3, 0.4) is 0 Å². The first-order valence-corrected chi connectivity index (χ1v) is 9.80. The summed E-state index contributed by atoms with van der Waals surface area (Å²) in [7, 11) is 1.77. The molecule has 0 aromatic heterocycles. The number of halogens is 2. The van der Waals surface area contributed by atoms with Gasteiger partial charge in [0.05, 0.1) is 0 Å². The molecule has 1 aromatic rings. The summed E-state index contributed by atoms with van der Waals surface area (Å²) in [4.78, 5) is 17.7. The lowest BCUT2D eigenvalue weighted by Crippen LogP contribution is -2.47. The maximum atomic E-state index is 13.6. The maximum Gasteiger partial charge on any atom is 0.217 e. The number of benzene rings is 1. The largest absolute Gasteiger partial charge is 0.370 e. The summed E-state index contributed by atoms with van der Waals surface area (Å²) in [6, 6.07) is 6.88. The average Bonchev–Trinajstić information content (AvgIpc) is 2.59. The molecule has 26 heavy (non-hydrogen) atoms. The van der Waals surface area contributed by atoms with Crippen molar-refractivity contribution in [1.82, 2.24) is 10.2 Å². The first-order chi connectivity index (χ1) is 12.1. The summed E-state index contributed by atoms with van der Waals surface area (Å²) in [5.41, 5.74) is 6.05. The summed E-state index contributed by atoms with van der Waals surface area (Å²) in [6.07, 6.45) is 2.52. The Morgan fingerprint density at radius 3 is 2.92 bits per heavy atom. The Labute approximate surface area is 176 Å². The molecule has 0 spiro atoms. The number of carbonyl (C=O) groups excluding carboxylic acids is 1. The third-order valence-corrected chi connectivity index (χ3v) is 5.27. The van der Waals surface area contributed by atoms with Crippen molar-refractivity contribution in [3.8, 4) is 0 Å². The van der Waals surface area contributed by atoms with Crippen LogP contribution in [0.1, 0.15) is 24.8 Å². The minimum absolute atomic E-state index is 0. The number of nitrogens with one attached hydrogen (secondary N) is 1. The minimum atomic E-state index is -0.237. The van der Waals surface area contributed by atoms with E-state index in [2.05, 4.69) is 15.2 Å². The minimum Gasteiger partial charge on any atom is -0.370 e. The van der Waals surface area contributed by atoms with Crippen LogP contribution in [0.5, 0.6) is 0 Å². The molecular weight excluding hydrogens is 466 g/mol. The van der Waals surface area contributed by atoms with E-state index in [0.29, 0.717) is 18.1 Å². The molecule has 0 bridgehead atoms. The predicted octanol–water partition coefficient (Wildman–Crippen LogP) is 2.84. The van der Waals surface area contributed by atoms with Crippen LogP contribution >= 0.6 is 35.7 Å². The fourth-order valence-electron chi connectivity index (χ4n) is 3.07. The Morgan fingerprint density at radius 1 is 1.46 bits per heavy atom. The molecule has 146 valence electrons. The maximum absolute atomic E-state index is 13.6. The number of amides is 1. The van der Waals surface area contributed by atoms with Gasteiger partial charge in [0.15, 0.2) is 5.96 Å². The van der Waals surface area contributed by atoms with Gasteiger partial charge in [0.1, 0.15) is 5.82 Å². The van der Waals surface area contributed by atoms with Gasteiger partial charge in [0, 0.05) is 44.6 Å². The third-order valence-electron chi connectivity index (χ3n) is 4.27. The van der Waals surface area contributed by atoms with Crippen molar-refractivity contribution in [3.05, 3.63) is 35.6 Å². The van der Waals surface area contributed by atoms with Crippen molar-refractivity contribution in [3.63, 3.8) is 0 Å². The Morgan fingerprint density at radius 2 is 2.23 bits per heavy atom. The molecule has 5 nitrogen and oxygen atoms in total. The van der Waals surface area contributed by atoms with Gasteiger partial charge in [-0.05, 0) is 30.4 Å². The van der Waals surface area contributed by atoms with Crippen LogP contribution in [-0.2, 0) is 10.5 Å². The van der Waals surface area contributed by atoms with E-state index in [1.54, 1.807) is 24.9 Å². The number of hydrogen-bond donors (Lipinski definition) is 2. The van der Waals surface area contributed by atoms with Crippen LogP contribution in [0.2, 0.25) is 0 Å². The van der Waals surface area contributed by atoms with Gasteiger partial charge >= 0.3 is 0 Å². The van der Waals surface area contributed by atoms with Crippen LogP contribution in [0.25, 0.3) is 0 Å². The number of carbonyl (C=O) groups is 1. The van der Waals surface area contributed by atoms with Crippen LogP contribution in [0.4, 0.5) is 4.39 Å². The number of aliphatic imine (C=N–C) groups is 1. The molecule has 0 radical (unpaired) electrons. The lowest BCUT2D eigenvalue weighted by Gasteiger charge is -2.34. The Balaban J connectivity index is 0.00000338. The van der Waals surface area contributed by atoms with Crippen molar-refractivity contribution in [2.75, 3.05) is 32.4 Å². The molecule has 8 heteroatoms. The number of nitrogens with two attached hydrogens (primary N) is 1. The van der Waals surface area contributed by atoms with Gasteiger partial charge in [-0.2, -0.15) is 11.8 Å². The number of rotatable bonds is 7. The van der Waals surface area contributed by atoms with E-state index in [1.165, 1.54) is 6.07 Å². The SMILES string of the molecule is CN=C(NCCSCc1ccccc1F)N1CCCC(CC(N)=O)C1.I. The first-order valence-electron chi connectivity index (χ1n) is 8.65. The molecular formula is C18H28FIN4OS. The zero-order valence-corrected chi connectivity index (χ0v) is 18.3. The standard InChI is InChI=1S/C18H27FN4OS.HI/c1-21-18(23-9-4-5-14(12-23)11-17(20)24)22-8-10-25-13-15-6-2-3-7-16(15)19;/h2-3,6-7,14H,4-5,8-13H2,1H3,(H2,20,24)(H,21,22);1H. The highest BCUT2D eigenvalue weighted by molar-refractivity contribution is 14.0. The number of piperidine rings is 1. The third kappa shape index (κ3) is 7.69. The van der Waals surface area contributed by atoms with E-state index >= 15 is 0 Å². The average molecular weight is 494 g/mol. The van der Waals surface area contributed by atoms with E-state index < -0.39 is 0 Å². The zero-order chi connectivity index (χ0) is 18.1. The van der Waals surface area contributed by atoms with Crippen molar-refractivity contribution in [2.45, 2.75) is 25.0 Å². The highest BCUT2D eigenvalue weighted by atomic mass is 127. The topological polar surface area (TPSA) is 70.7 Å². The summed E-state index contributed by atoms with van der Waals surface area (Å²) >= 11 is 1.69. The fraction of sp³-hybridized carbons (Fsp3) is 0.556. The quantitative estimate of drug-likeness (QED) is 0.265. The molecule has 1 heterocycles. The van der Waals surface area contributed by atoms with E-state index in [-0.39, 0.29) is 35.7 Å².